The van der Waals surface area contributed by atoms with E-state index in [0.717, 1.165) is 25.3 Å². The number of nitrogens with zero attached hydrogens (tertiary/aromatic N) is 1. The maximum Gasteiger partial charge on any atom is 0.245 e. The minimum atomic E-state index is 0.0284. The topological polar surface area (TPSA) is 33.5 Å². The number of hydrogen-bond donors (Lipinski definition) is 0. The Morgan fingerprint density at radius 2 is 2.50 bits per heavy atom. The quantitative estimate of drug-likeness (QED) is 0.678. The van der Waals surface area contributed by atoms with Crippen LogP contribution in [-0.4, -0.2) is 23.9 Å². The van der Waals surface area contributed by atoms with Crippen LogP contribution >= 0.6 is 0 Å². The smallest absolute Gasteiger partial charge is 0.245 e. The van der Waals surface area contributed by atoms with Crippen LogP contribution in [0.15, 0.2) is 35.5 Å². The molecule has 74 valence electrons. The highest BCUT2D eigenvalue weighted by Crippen LogP contribution is 2.20. The molecular formula is C11H13NO2. The summed E-state index contributed by atoms with van der Waals surface area (Å²) >= 11 is 0. The lowest BCUT2D eigenvalue weighted by molar-refractivity contribution is -0.132. The average molecular weight is 191 g/mol. The molecule has 2 heterocycles. The van der Waals surface area contributed by atoms with E-state index < -0.39 is 0 Å². The summed E-state index contributed by atoms with van der Waals surface area (Å²) in [7, 11) is 0. The first-order valence-electron chi connectivity index (χ1n) is 4.73. The van der Waals surface area contributed by atoms with E-state index in [0.29, 0.717) is 5.92 Å². The van der Waals surface area contributed by atoms with Crippen molar-refractivity contribution in [3.8, 4) is 0 Å². The van der Waals surface area contributed by atoms with E-state index in [1.807, 2.05) is 12.1 Å². The van der Waals surface area contributed by atoms with Crippen molar-refractivity contribution in [2.24, 2.45) is 5.92 Å². The van der Waals surface area contributed by atoms with Crippen LogP contribution in [0.25, 0.3) is 0 Å². The molecule has 0 spiro atoms. The molecule has 0 saturated carbocycles. The van der Waals surface area contributed by atoms with Gasteiger partial charge in [0.1, 0.15) is 5.76 Å². The van der Waals surface area contributed by atoms with E-state index in [9.17, 15) is 4.79 Å². The van der Waals surface area contributed by atoms with Gasteiger partial charge in [-0.1, -0.05) is 6.58 Å². The van der Waals surface area contributed by atoms with Crippen LogP contribution in [0.5, 0.6) is 0 Å². The van der Waals surface area contributed by atoms with Gasteiger partial charge in [0, 0.05) is 25.4 Å². The van der Waals surface area contributed by atoms with Gasteiger partial charge in [0.2, 0.25) is 5.91 Å². The Kier molecular flexibility index (Phi) is 2.39. The Labute approximate surface area is 83.0 Å². The lowest BCUT2D eigenvalue weighted by Crippen LogP contribution is -2.50. The molecule has 1 aliphatic rings. The van der Waals surface area contributed by atoms with Crippen molar-refractivity contribution in [3.05, 3.63) is 36.8 Å². The number of carbonyl (C=O) groups is 1. The third kappa shape index (κ3) is 1.71. The summed E-state index contributed by atoms with van der Waals surface area (Å²) in [6.07, 6.45) is 3.97. The molecule has 0 atom stereocenters. The predicted octanol–water partition coefficient (Wildman–Crippen LogP) is 1.47. The van der Waals surface area contributed by atoms with Gasteiger partial charge < -0.3 is 9.32 Å². The molecule has 2 rings (SSSR count). The first kappa shape index (κ1) is 9.06. The number of likely N-dealkylation sites (tertiary alicyclic amines) is 1. The Morgan fingerprint density at radius 3 is 3.07 bits per heavy atom. The van der Waals surface area contributed by atoms with Crippen LogP contribution in [0, 0.1) is 5.92 Å². The number of rotatable bonds is 3. The van der Waals surface area contributed by atoms with E-state index >= 15 is 0 Å². The van der Waals surface area contributed by atoms with Gasteiger partial charge >= 0.3 is 0 Å². The zero-order valence-corrected chi connectivity index (χ0v) is 7.98. The van der Waals surface area contributed by atoms with Gasteiger partial charge in [-0.3, -0.25) is 4.79 Å². The second kappa shape index (κ2) is 3.70. The summed E-state index contributed by atoms with van der Waals surface area (Å²) in [6.45, 7) is 5.10. The van der Waals surface area contributed by atoms with Crippen LogP contribution in [0.4, 0.5) is 0 Å². The third-order valence-electron chi connectivity index (χ3n) is 2.51. The summed E-state index contributed by atoms with van der Waals surface area (Å²) < 4.78 is 5.24. The van der Waals surface area contributed by atoms with Crippen molar-refractivity contribution in [3.63, 3.8) is 0 Å². The van der Waals surface area contributed by atoms with E-state index in [2.05, 4.69) is 6.58 Å². The number of carbonyl (C=O) groups excluding carboxylic acids is 1. The van der Waals surface area contributed by atoms with Crippen molar-refractivity contribution in [2.75, 3.05) is 13.1 Å². The molecule has 0 radical (unpaired) electrons. The molecular weight excluding hydrogens is 178 g/mol. The van der Waals surface area contributed by atoms with Gasteiger partial charge in [0.25, 0.3) is 0 Å². The Morgan fingerprint density at radius 1 is 1.71 bits per heavy atom. The van der Waals surface area contributed by atoms with Crippen molar-refractivity contribution in [1.29, 1.82) is 0 Å². The van der Waals surface area contributed by atoms with Crippen molar-refractivity contribution < 1.29 is 9.21 Å². The predicted molar refractivity (Wildman–Crippen MR) is 52.7 cm³/mol. The first-order valence-corrected chi connectivity index (χ1v) is 4.73. The summed E-state index contributed by atoms with van der Waals surface area (Å²) in [6, 6.07) is 3.86. The molecule has 0 aromatic carbocycles. The molecule has 1 aromatic heterocycles. The fourth-order valence-electron chi connectivity index (χ4n) is 1.72. The molecule has 14 heavy (non-hydrogen) atoms. The van der Waals surface area contributed by atoms with E-state index in [4.69, 9.17) is 4.42 Å². The maximum atomic E-state index is 11.1. The van der Waals surface area contributed by atoms with Crippen molar-refractivity contribution in [2.45, 2.75) is 6.42 Å². The molecule has 0 N–H and O–H groups in total. The Hall–Kier alpha value is -1.51. The van der Waals surface area contributed by atoms with Crippen molar-refractivity contribution >= 4 is 5.91 Å². The summed E-state index contributed by atoms with van der Waals surface area (Å²) in [5, 5.41) is 0. The van der Waals surface area contributed by atoms with Crippen molar-refractivity contribution in [1.82, 2.24) is 4.90 Å². The zero-order chi connectivity index (χ0) is 9.97. The van der Waals surface area contributed by atoms with Crippen LogP contribution < -0.4 is 0 Å². The van der Waals surface area contributed by atoms with Gasteiger partial charge in [0.15, 0.2) is 0 Å². The number of hydrogen-bond acceptors (Lipinski definition) is 2. The van der Waals surface area contributed by atoms with E-state index in [1.165, 1.54) is 6.08 Å². The monoisotopic (exact) mass is 191 g/mol. The number of furan rings is 1. The molecule has 1 aromatic rings. The minimum absolute atomic E-state index is 0.0284. The van der Waals surface area contributed by atoms with Crippen LogP contribution in [0.2, 0.25) is 0 Å². The fourth-order valence-corrected chi connectivity index (χ4v) is 1.72. The van der Waals surface area contributed by atoms with Gasteiger partial charge in [-0.15, -0.1) is 0 Å². The lowest BCUT2D eigenvalue weighted by atomic mass is 9.95. The highest BCUT2D eigenvalue weighted by molar-refractivity contribution is 5.87. The molecule has 1 saturated heterocycles. The minimum Gasteiger partial charge on any atom is -0.469 e. The second-order valence-corrected chi connectivity index (χ2v) is 3.60. The van der Waals surface area contributed by atoms with Crippen LogP contribution in [0.3, 0.4) is 0 Å². The maximum absolute atomic E-state index is 11.1. The molecule has 3 heteroatoms. The van der Waals surface area contributed by atoms with Gasteiger partial charge in [-0.05, 0) is 18.2 Å². The van der Waals surface area contributed by atoms with E-state index in [1.54, 1.807) is 11.2 Å². The van der Waals surface area contributed by atoms with Gasteiger partial charge in [0.05, 0.1) is 6.26 Å². The standard InChI is InChI=1S/C11H13NO2/c1-2-11(13)12-7-9(8-12)6-10-4-3-5-14-10/h2-5,9H,1,6-8H2. The third-order valence-corrected chi connectivity index (χ3v) is 2.51. The highest BCUT2D eigenvalue weighted by Gasteiger charge is 2.29. The molecule has 1 aliphatic heterocycles. The lowest BCUT2D eigenvalue weighted by Gasteiger charge is -2.38. The summed E-state index contributed by atoms with van der Waals surface area (Å²) in [4.78, 5) is 12.9. The second-order valence-electron chi connectivity index (χ2n) is 3.60. The summed E-state index contributed by atoms with van der Waals surface area (Å²) in [5.74, 6) is 1.58. The zero-order valence-electron chi connectivity index (χ0n) is 7.98. The molecule has 0 bridgehead atoms. The Bertz CT molecular complexity index is 323. The van der Waals surface area contributed by atoms with Gasteiger partial charge in [-0.2, -0.15) is 0 Å². The Balaban J connectivity index is 1.78. The summed E-state index contributed by atoms with van der Waals surface area (Å²) in [5.41, 5.74) is 0. The van der Waals surface area contributed by atoms with E-state index in [-0.39, 0.29) is 5.91 Å². The normalized spacial score (nSPS) is 16.4. The largest absolute Gasteiger partial charge is 0.469 e. The molecule has 0 unspecified atom stereocenters. The SMILES string of the molecule is C=CC(=O)N1CC(Cc2ccco2)C1. The molecule has 1 fully saturated rings. The number of amides is 1. The molecule has 1 amide bonds. The molecule has 0 aliphatic carbocycles. The van der Waals surface area contributed by atoms with Crippen LogP contribution in [-0.2, 0) is 11.2 Å². The van der Waals surface area contributed by atoms with Crippen LogP contribution in [0.1, 0.15) is 5.76 Å². The fraction of sp³-hybridized carbons (Fsp3) is 0.364. The first-order chi connectivity index (χ1) is 6.79. The highest BCUT2D eigenvalue weighted by atomic mass is 16.3. The molecule has 3 nitrogen and oxygen atoms in total. The van der Waals surface area contributed by atoms with Gasteiger partial charge in [-0.25, -0.2) is 0 Å². The average Bonchev–Trinajstić information content (AvgIpc) is 2.61.